The van der Waals surface area contributed by atoms with Gasteiger partial charge in [-0.15, -0.1) is 0 Å². The van der Waals surface area contributed by atoms with Crippen LogP contribution in [0.15, 0.2) is 58.8 Å². The van der Waals surface area contributed by atoms with Gasteiger partial charge in [0.25, 0.3) is 0 Å². The van der Waals surface area contributed by atoms with Crippen LogP contribution in [0.5, 0.6) is 11.5 Å². The normalized spacial score (nSPS) is 15.6. The molecule has 0 saturated heterocycles. The van der Waals surface area contributed by atoms with Crippen molar-refractivity contribution in [2.45, 2.75) is 37.8 Å². The lowest BCUT2D eigenvalue weighted by Gasteiger charge is -2.27. The number of benzene rings is 2. The lowest BCUT2D eigenvalue weighted by atomic mass is 9.86. The van der Waals surface area contributed by atoms with Crippen LogP contribution in [0.3, 0.4) is 0 Å². The smallest absolute Gasteiger partial charge is 0.338 e. The number of aliphatic carboxylic acids is 2. The number of hydrogen-bond acceptors (Lipinski definition) is 6. The maximum absolute atomic E-state index is 12.1. The molecule has 28 heavy (non-hydrogen) atoms. The standard InChI is InChI=1S/C20H22N2O6/c1-3-19(17(25)26,13-7-5-9-15(23)11-13)21-22-20(4-2,18(27)28)14-8-6-10-16(24)12-14/h5-12,23-24H,3-4H2,1-2H3,(H,25,26)(H,27,28)/b22-21+. The number of hydrogen-bond donors (Lipinski definition) is 4. The zero-order valence-electron chi connectivity index (χ0n) is 15.5. The van der Waals surface area contributed by atoms with Gasteiger partial charge in [0.05, 0.1) is 0 Å². The van der Waals surface area contributed by atoms with E-state index >= 15 is 0 Å². The molecule has 2 aromatic carbocycles. The number of nitrogens with zero attached hydrogens (tertiary/aromatic N) is 2. The number of azo groups is 1. The summed E-state index contributed by atoms with van der Waals surface area (Å²) in [5, 5.41) is 47.2. The lowest BCUT2D eigenvalue weighted by molar-refractivity contribution is -0.146. The second-order valence-corrected chi connectivity index (χ2v) is 6.34. The molecule has 0 fully saturated rings. The van der Waals surface area contributed by atoms with E-state index < -0.39 is 23.0 Å². The van der Waals surface area contributed by atoms with Gasteiger partial charge in [-0.1, -0.05) is 38.1 Å². The van der Waals surface area contributed by atoms with E-state index in [1.165, 1.54) is 48.5 Å². The third-order valence-electron chi connectivity index (χ3n) is 4.77. The Morgan fingerprint density at radius 1 is 0.786 bits per heavy atom. The Bertz CT molecular complexity index is 840. The highest BCUT2D eigenvalue weighted by Crippen LogP contribution is 2.37. The molecule has 8 nitrogen and oxygen atoms in total. The number of phenolic OH excluding ortho intramolecular Hbond substituents is 2. The van der Waals surface area contributed by atoms with Crippen LogP contribution < -0.4 is 0 Å². The fourth-order valence-corrected chi connectivity index (χ4v) is 3.00. The first-order chi connectivity index (χ1) is 13.2. The molecular weight excluding hydrogens is 364 g/mol. The third-order valence-corrected chi connectivity index (χ3v) is 4.77. The fourth-order valence-electron chi connectivity index (χ4n) is 3.00. The molecule has 2 unspecified atom stereocenters. The van der Waals surface area contributed by atoms with E-state index in [1.54, 1.807) is 13.8 Å². The van der Waals surface area contributed by atoms with Crippen LogP contribution in [0.4, 0.5) is 0 Å². The highest BCUT2D eigenvalue weighted by molar-refractivity contribution is 5.82. The van der Waals surface area contributed by atoms with Crippen molar-refractivity contribution in [2.75, 3.05) is 0 Å². The predicted octanol–water partition coefficient (Wildman–Crippen LogP) is 3.63. The van der Waals surface area contributed by atoms with Crippen molar-refractivity contribution in [3.05, 3.63) is 59.7 Å². The molecule has 0 saturated carbocycles. The summed E-state index contributed by atoms with van der Waals surface area (Å²) >= 11 is 0. The molecule has 0 aliphatic carbocycles. The van der Waals surface area contributed by atoms with Gasteiger partial charge in [-0.2, -0.15) is 10.2 Å². The van der Waals surface area contributed by atoms with E-state index in [-0.39, 0.29) is 35.5 Å². The highest BCUT2D eigenvalue weighted by Gasteiger charge is 2.44. The van der Waals surface area contributed by atoms with Crippen molar-refractivity contribution in [1.29, 1.82) is 0 Å². The van der Waals surface area contributed by atoms with Crippen LogP contribution in [-0.2, 0) is 20.7 Å². The Hall–Kier alpha value is -3.42. The first-order valence-corrected chi connectivity index (χ1v) is 8.71. The quantitative estimate of drug-likeness (QED) is 0.511. The van der Waals surface area contributed by atoms with Gasteiger partial charge >= 0.3 is 11.9 Å². The van der Waals surface area contributed by atoms with Gasteiger partial charge < -0.3 is 20.4 Å². The monoisotopic (exact) mass is 386 g/mol. The van der Waals surface area contributed by atoms with Crippen LogP contribution in [0, 0.1) is 0 Å². The number of carboxylic acids is 2. The maximum Gasteiger partial charge on any atom is 0.338 e. The average Bonchev–Trinajstić information content (AvgIpc) is 2.65. The fraction of sp³-hybridized carbons (Fsp3) is 0.300. The van der Waals surface area contributed by atoms with Crippen LogP contribution in [-0.4, -0.2) is 32.4 Å². The molecule has 0 aliphatic rings. The summed E-state index contributed by atoms with van der Waals surface area (Å²) in [6, 6.07) is 11.2. The van der Waals surface area contributed by atoms with Gasteiger partial charge in [0.15, 0.2) is 0 Å². The second kappa shape index (κ2) is 8.08. The molecule has 8 heteroatoms. The Labute approximate surface area is 161 Å². The average molecular weight is 386 g/mol. The zero-order valence-corrected chi connectivity index (χ0v) is 15.5. The molecule has 2 rings (SSSR count). The molecule has 0 spiro atoms. The SMILES string of the molecule is CCC(/N=N/C(CC)(C(=O)O)c1cccc(O)c1)(C(=O)O)c1cccc(O)c1. The van der Waals surface area contributed by atoms with Crippen molar-refractivity contribution in [3.8, 4) is 11.5 Å². The molecule has 0 bridgehead atoms. The Balaban J connectivity index is 2.68. The van der Waals surface area contributed by atoms with Crippen molar-refractivity contribution in [1.82, 2.24) is 0 Å². The van der Waals surface area contributed by atoms with Crippen molar-refractivity contribution >= 4 is 11.9 Å². The predicted molar refractivity (Wildman–Crippen MR) is 100 cm³/mol. The summed E-state index contributed by atoms with van der Waals surface area (Å²) in [5.74, 6) is -2.93. The molecule has 0 aromatic heterocycles. The van der Waals surface area contributed by atoms with Gasteiger partial charge in [0, 0.05) is 0 Å². The lowest BCUT2D eigenvalue weighted by Crippen LogP contribution is -2.36. The minimum absolute atomic E-state index is 0.0191. The van der Waals surface area contributed by atoms with E-state index in [4.69, 9.17) is 0 Å². The molecule has 0 amide bonds. The largest absolute Gasteiger partial charge is 0.508 e. The Kier molecular flexibility index (Phi) is 6.03. The first-order valence-electron chi connectivity index (χ1n) is 8.71. The molecule has 2 aromatic rings. The number of rotatable bonds is 8. The Morgan fingerprint density at radius 2 is 1.14 bits per heavy atom. The number of carboxylic acid groups (broad SMARTS) is 2. The maximum atomic E-state index is 12.1. The van der Waals surface area contributed by atoms with Gasteiger partial charge in [0.2, 0.25) is 11.1 Å². The number of phenols is 2. The minimum Gasteiger partial charge on any atom is -0.508 e. The Morgan fingerprint density at radius 3 is 1.39 bits per heavy atom. The van der Waals surface area contributed by atoms with E-state index in [0.717, 1.165) is 0 Å². The molecule has 148 valence electrons. The van der Waals surface area contributed by atoms with E-state index in [1.807, 2.05) is 0 Å². The molecule has 0 heterocycles. The molecule has 4 N–H and O–H groups in total. The van der Waals surface area contributed by atoms with Crippen LogP contribution in [0.25, 0.3) is 0 Å². The van der Waals surface area contributed by atoms with E-state index in [2.05, 4.69) is 10.2 Å². The molecular formula is C20H22N2O6. The van der Waals surface area contributed by atoms with E-state index in [9.17, 15) is 30.0 Å². The molecule has 0 radical (unpaired) electrons. The summed E-state index contributed by atoms with van der Waals surface area (Å²) in [6.07, 6.45) is -0.0382. The molecule has 2 atom stereocenters. The summed E-state index contributed by atoms with van der Waals surface area (Å²) in [6.45, 7) is 3.17. The van der Waals surface area contributed by atoms with E-state index in [0.29, 0.717) is 0 Å². The minimum atomic E-state index is -1.87. The topological polar surface area (TPSA) is 140 Å². The van der Waals surface area contributed by atoms with Crippen LogP contribution >= 0.6 is 0 Å². The van der Waals surface area contributed by atoms with Crippen LogP contribution in [0.2, 0.25) is 0 Å². The zero-order chi connectivity index (χ0) is 20.9. The van der Waals surface area contributed by atoms with Crippen LogP contribution in [0.1, 0.15) is 37.8 Å². The summed E-state index contributed by atoms with van der Waals surface area (Å²) in [4.78, 5) is 24.2. The van der Waals surface area contributed by atoms with Gasteiger partial charge in [-0.25, -0.2) is 9.59 Å². The second-order valence-electron chi connectivity index (χ2n) is 6.34. The summed E-state index contributed by atoms with van der Waals surface area (Å²) < 4.78 is 0. The van der Waals surface area contributed by atoms with Crippen molar-refractivity contribution < 1.29 is 30.0 Å². The summed E-state index contributed by atoms with van der Waals surface area (Å²) in [7, 11) is 0. The third kappa shape index (κ3) is 3.66. The molecule has 0 aliphatic heterocycles. The van der Waals surface area contributed by atoms with Gasteiger partial charge in [0.1, 0.15) is 11.5 Å². The van der Waals surface area contributed by atoms with Gasteiger partial charge in [-0.05, 0) is 48.2 Å². The summed E-state index contributed by atoms with van der Waals surface area (Å²) in [5.41, 5.74) is -3.38. The first kappa shape index (κ1) is 20.9. The van der Waals surface area contributed by atoms with Gasteiger partial charge in [-0.3, -0.25) is 0 Å². The number of aromatic hydroxyl groups is 2. The van der Waals surface area contributed by atoms with Crippen molar-refractivity contribution in [3.63, 3.8) is 0 Å². The number of carbonyl (C=O) groups is 2. The highest BCUT2D eigenvalue weighted by atomic mass is 16.4. The van der Waals surface area contributed by atoms with Crippen molar-refractivity contribution in [2.24, 2.45) is 10.2 Å².